The Hall–Kier alpha value is -2.66. The quantitative estimate of drug-likeness (QED) is 0.445. The van der Waals surface area contributed by atoms with Crippen molar-refractivity contribution < 1.29 is 23.5 Å². The van der Waals surface area contributed by atoms with E-state index >= 15 is 0 Å². The summed E-state index contributed by atoms with van der Waals surface area (Å²) in [6.07, 6.45) is 2.14. The summed E-state index contributed by atoms with van der Waals surface area (Å²) in [7, 11) is 0. The number of hydrogen-bond acceptors (Lipinski definition) is 7. The molecule has 0 saturated carbocycles. The summed E-state index contributed by atoms with van der Waals surface area (Å²) in [5.74, 6) is -0.605. The first-order valence-electron chi connectivity index (χ1n) is 12.6. The van der Waals surface area contributed by atoms with Crippen LogP contribution in [0.1, 0.15) is 92.6 Å². The molecule has 8 nitrogen and oxygen atoms in total. The second kappa shape index (κ2) is 10.2. The predicted octanol–water partition coefficient (Wildman–Crippen LogP) is 4.87. The topological polar surface area (TPSA) is 107 Å². The van der Waals surface area contributed by atoms with Crippen LogP contribution in [0.5, 0.6) is 0 Å². The number of pyridine rings is 1. The highest BCUT2D eigenvalue weighted by Gasteiger charge is 2.44. The Bertz CT molecular complexity index is 1150. The Balaban J connectivity index is 1.74. The Kier molecular flexibility index (Phi) is 7.58. The molecule has 2 fully saturated rings. The summed E-state index contributed by atoms with van der Waals surface area (Å²) in [4.78, 5) is 37.3. The van der Waals surface area contributed by atoms with Gasteiger partial charge in [-0.25, -0.2) is 18.7 Å². The molecule has 0 radical (unpaired) electrons. The molecule has 0 aromatic carbocycles. The fraction of sp³-hybridized carbons (Fsp3) is 0.615. The average molecular weight is 536 g/mol. The minimum absolute atomic E-state index is 0.00342. The summed E-state index contributed by atoms with van der Waals surface area (Å²) >= 11 is 0.890. The SMILES string of the molecule is CC(C)(C)CNc1cc(C(F)F)c(-c2sc(C(=O)NCC(C)(C)O)nc2C(=O)N2C3CCC2CC3)cn1. The molecule has 0 aliphatic carbocycles. The lowest BCUT2D eigenvalue weighted by Crippen LogP contribution is -2.38. The minimum atomic E-state index is -2.83. The van der Waals surface area contributed by atoms with Crippen LogP contribution < -0.4 is 10.6 Å². The number of halogens is 2. The van der Waals surface area contributed by atoms with Gasteiger partial charge in [-0.15, -0.1) is 11.3 Å². The number of anilines is 1. The largest absolute Gasteiger partial charge is 0.389 e. The van der Waals surface area contributed by atoms with Crippen LogP contribution >= 0.6 is 11.3 Å². The minimum Gasteiger partial charge on any atom is -0.389 e. The molecule has 2 aromatic rings. The summed E-state index contributed by atoms with van der Waals surface area (Å²) in [6.45, 7) is 9.67. The molecule has 2 bridgehead atoms. The van der Waals surface area contributed by atoms with E-state index in [1.165, 1.54) is 12.3 Å². The first kappa shape index (κ1) is 27.4. The van der Waals surface area contributed by atoms with Crippen molar-refractivity contribution in [1.82, 2.24) is 20.2 Å². The predicted molar refractivity (Wildman–Crippen MR) is 139 cm³/mol. The van der Waals surface area contributed by atoms with Crippen molar-refractivity contribution in [2.24, 2.45) is 5.41 Å². The number of nitrogens with zero attached hydrogens (tertiary/aromatic N) is 3. The third kappa shape index (κ3) is 6.26. The maximum atomic E-state index is 14.3. The fourth-order valence-electron chi connectivity index (χ4n) is 4.78. The van der Waals surface area contributed by atoms with Crippen LogP contribution in [0.3, 0.4) is 0 Å². The van der Waals surface area contributed by atoms with Gasteiger partial charge >= 0.3 is 0 Å². The fourth-order valence-corrected chi connectivity index (χ4v) is 5.78. The molecule has 4 rings (SSSR count). The molecule has 0 unspecified atom stereocenters. The number of aromatic nitrogens is 2. The molecule has 37 heavy (non-hydrogen) atoms. The summed E-state index contributed by atoms with van der Waals surface area (Å²) in [5, 5.41) is 15.7. The van der Waals surface area contributed by atoms with Crippen molar-refractivity contribution >= 4 is 29.0 Å². The zero-order valence-electron chi connectivity index (χ0n) is 21.9. The number of amides is 2. The number of aliphatic hydroxyl groups is 1. The number of alkyl halides is 2. The van der Waals surface area contributed by atoms with Crippen LogP contribution in [0.25, 0.3) is 10.4 Å². The Morgan fingerprint density at radius 3 is 2.30 bits per heavy atom. The number of rotatable bonds is 8. The monoisotopic (exact) mass is 535 g/mol. The van der Waals surface area contributed by atoms with Gasteiger partial charge < -0.3 is 20.6 Å². The van der Waals surface area contributed by atoms with E-state index in [1.807, 2.05) is 25.7 Å². The lowest BCUT2D eigenvalue weighted by molar-refractivity contribution is 0.0692. The normalized spacial score (nSPS) is 19.5. The van der Waals surface area contributed by atoms with E-state index in [1.54, 1.807) is 13.8 Å². The van der Waals surface area contributed by atoms with E-state index in [9.17, 15) is 23.5 Å². The summed E-state index contributed by atoms with van der Waals surface area (Å²) in [6, 6.07) is 1.51. The van der Waals surface area contributed by atoms with Gasteiger partial charge in [-0.05, 0) is 51.0 Å². The van der Waals surface area contributed by atoms with E-state index in [-0.39, 0.29) is 56.7 Å². The lowest BCUT2D eigenvalue weighted by Gasteiger charge is -2.22. The van der Waals surface area contributed by atoms with Crippen LogP contribution in [0.4, 0.5) is 14.6 Å². The molecule has 2 saturated heterocycles. The number of hydrogen-bond donors (Lipinski definition) is 3. The third-order valence-corrected chi connectivity index (χ3v) is 7.70. The Labute approximate surface area is 219 Å². The molecule has 202 valence electrons. The standard InChI is InChI=1S/C26H35F2N5O3S/c1-25(2,3)12-30-18-10-16(21(27)28)17(11-29-18)20-19(24(35)33-14-6-7-15(33)9-8-14)32-23(37-20)22(34)31-13-26(4,5)36/h10-11,14-15,21,36H,6-9,12-13H2,1-5H3,(H,29,30)(H,31,34). The molecule has 2 aromatic heterocycles. The first-order chi connectivity index (χ1) is 17.2. The Morgan fingerprint density at radius 2 is 1.76 bits per heavy atom. The molecule has 3 N–H and O–H groups in total. The van der Waals surface area contributed by atoms with Gasteiger partial charge in [-0.1, -0.05) is 20.8 Å². The lowest BCUT2D eigenvalue weighted by atomic mass is 9.97. The van der Waals surface area contributed by atoms with E-state index in [2.05, 4.69) is 20.6 Å². The zero-order chi connectivity index (χ0) is 27.1. The summed E-state index contributed by atoms with van der Waals surface area (Å²) < 4.78 is 28.6. The second-order valence-electron chi connectivity index (χ2n) is 11.7. The van der Waals surface area contributed by atoms with Gasteiger partial charge in [0.15, 0.2) is 5.01 Å². The molecule has 2 amide bonds. The van der Waals surface area contributed by atoms with Crippen LogP contribution in [-0.2, 0) is 0 Å². The van der Waals surface area contributed by atoms with Gasteiger partial charge in [0.1, 0.15) is 11.5 Å². The van der Waals surface area contributed by atoms with Crippen LogP contribution in [0.15, 0.2) is 12.3 Å². The van der Waals surface area contributed by atoms with E-state index in [0.29, 0.717) is 12.4 Å². The molecule has 2 aliphatic rings. The maximum Gasteiger partial charge on any atom is 0.280 e. The number of carbonyl (C=O) groups is 2. The van der Waals surface area contributed by atoms with Crippen LogP contribution in [0.2, 0.25) is 0 Å². The molecule has 0 spiro atoms. The maximum absolute atomic E-state index is 14.3. The van der Waals surface area contributed by atoms with Crippen molar-refractivity contribution in [2.45, 2.75) is 84.4 Å². The van der Waals surface area contributed by atoms with Crippen molar-refractivity contribution in [2.75, 3.05) is 18.4 Å². The van der Waals surface area contributed by atoms with Crippen LogP contribution in [-0.4, -0.2) is 62.6 Å². The van der Waals surface area contributed by atoms with Gasteiger partial charge in [0.2, 0.25) is 0 Å². The van der Waals surface area contributed by atoms with Crippen LogP contribution in [0, 0.1) is 5.41 Å². The van der Waals surface area contributed by atoms with Gasteiger partial charge in [-0.3, -0.25) is 9.59 Å². The van der Waals surface area contributed by atoms with Crippen molar-refractivity contribution in [3.05, 3.63) is 28.5 Å². The van der Waals surface area contributed by atoms with Gasteiger partial charge in [0, 0.05) is 42.5 Å². The zero-order valence-corrected chi connectivity index (χ0v) is 22.7. The number of carbonyl (C=O) groups excluding carboxylic acids is 2. The number of nitrogens with one attached hydrogen (secondary N) is 2. The van der Waals surface area contributed by atoms with Gasteiger partial charge in [-0.2, -0.15) is 0 Å². The number of thiazole rings is 1. The highest BCUT2D eigenvalue weighted by molar-refractivity contribution is 7.17. The molecule has 2 aliphatic heterocycles. The van der Waals surface area contributed by atoms with Crippen molar-refractivity contribution in [1.29, 1.82) is 0 Å². The van der Waals surface area contributed by atoms with E-state index in [4.69, 9.17) is 0 Å². The highest BCUT2D eigenvalue weighted by atomic mass is 32.1. The van der Waals surface area contributed by atoms with Gasteiger partial charge in [0.05, 0.1) is 10.5 Å². The molecular weight excluding hydrogens is 500 g/mol. The third-order valence-electron chi connectivity index (χ3n) is 6.61. The highest BCUT2D eigenvalue weighted by Crippen LogP contribution is 2.42. The number of fused-ring (bicyclic) bond motifs is 2. The Morgan fingerprint density at radius 1 is 1.14 bits per heavy atom. The summed E-state index contributed by atoms with van der Waals surface area (Å²) in [5.41, 5.74) is -1.42. The van der Waals surface area contributed by atoms with Gasteiger partial charge in [0.25, 0.3) is 18.2 Å². The van der Waals surface area contributed by atoms with E-state index in [0.717, 1.165) is 37.0 Å². The molecule has 11 heteroatoms. The first-order valence-corrected chi connectivity index (χ1v) is 13.4. The van der Waals surface area contributed by atoms with Crippen molar-refractivity contribution in [3.63, 3.8) is 0 Å². The molecule has 0 atom stereocenters. The molecule has 4 heterocycles. The average Bonchev–Trinajstić information content (AvgIpc) is 3.54. The molecular formula is C26H35F2N5O3S. The van der Waals surface area contributed by atoms with E-state index < -0.39 is 17.9 Å². The smallest absolute Gasteiger partial charge is 0.280 e. The second-order valence-corrected chi connectivity index (χ2v) is 12.7. The van der Waals surface area contributed by atoms with Crippen molar-refractivity contribution in [3.8, 4) is 10.4 Å².